The van der Waals surface area contributed by atoms with E-state index in [-0.39, 0.29) is 10.8 Å². The number of phenolic OH excluding ortho intramolecular Hbond substituents is 1. The quantitative estimate of drug-likeness (QED) is 0.656. The summed E-state index contributed by atoms with van der Waals surface area (Å²) in [6.45, 7) is 3.51. The molecular weight excluding hydrogens is 203 g/mol. The minimum atomic E-state index is -0.400. The van der Waals surface area contributed by atoms with E-state index in [1.54, 1.807) is 6.92 Å². The fourth-order valence-electron chi connectivity index (χ4n) is 0.642. The molecule has 0 saturated carbocycles. The van der Waals surface area contributed by atoms with Crippen molar-refractivity contribution in [2.24, 2.45) is 0 Å². The Labute approximate surface area is 88.5 Å². The summed E-state index contributed by atoms with van der Waals surface area (Å²) in [6.07, 6.45) is 5.62. The summed E-state index contributed by atoms with van der Waals surface area (Å²) >= 11 is 5.40. The van der Waals surface area contributed by atoms with E-state index in [1.807, 2.05) is 6.92 Å². The SMILES string of the molecule is C#CCC.Cc1cc(O)c(Cl)cc1F. The van der Waals surface area contributed by atoms with Crippen LogP contribution in [0.25, 0.3) is 0 Å². The van der Waals surface area contributed by atoms with Crippen molar-refractivity contribution in [1.29, 1.82) is 0 Å². The van der Waals surface area contributed by atoms with E-state index in [2.05, 4.69) is 5.92 Å². The first-order valence-electron chi connectivity index (χ1n) is 4.11. The van der Waals surface area contributed by atoms with Crippen LogP contribution in [-0.4, -0.2) is 5.11 Å². The van der Waals surface area contributed by atoms with Crippen LogP contribution >= 0.6 is 11.6 Å². The molecule has 0 amide bonds. The molecular formula is C11H12ClFO. The Balaban J connectivity index is 0.000000364. The third-order valence-corrected chi connectivity index (χ3v) is 1.73. The van der Waals surface area contributed by atoms with Crippen LogP contribution in [0.3, 0.4) is 0 Å². The first-order valence-corrected chi connectivity index (χ1v) is 4.48. The highest BCUT2D eigenvalue weighted by molar-refractivity contribution is 6.32. The van der Waals surface area contributed by atoms with E-state index in [4.69, 9.17) is 23.1 Å². The molecule has 0 aromatic heterocycles. The van der Waals surface area contributed by atoms with Crippen LogP contribution in [-0.2, 0) is 0 Å². The van der Waals surface area contributed by atoms with Gasteiger partial charge < -0.3 is 5.11 Å². The topological polar surface area (TPSA) is 20.2 Å². The van der Waals surface area contributed by atoms with Crippen molar-refractivity contribution in [3.8, 4) is 18.1 Å². The summed E-state index contributed by atoms with van der Waals surface area (Å²) in [7, 11) is 0. The van der Waals surface area contributed by atoms with Crippen LogP contribution in [0.2, 0.25) is 5.02 Å². The van der Waals surface area contributed by atoms with Crippen molar-refractivity contribution in [1.82, 2.24) is 0 Å². The maximum Gasteiger partial charge on any atom is 0.134 e. The fourth-order valence-corrected chi connectivity index (χ4v) is 0.792. The lowest BCUT2D eigenvalue weighted by Gasteiger charge is -1.98. The van der Waals surface area contributed by atoms with Gasteiger partial charge >= 0.3 is 0 Å². The Hall–Kier alpha value is -1.20. The molecule has 76 valence electrons. The van der Waals surface area contributed by atoms with Crippen LogP contribution in [0.4, 0.5) is 4.39 Å². The lowest BCUT2D eigenvalue weighted by Crippen LogP contribution is -1.80. The second-order valence-corrected chi connectivity index (χ2v) is 3.02. The number of benzene rings is 1. The van der Waals surface area contributed by atoms with Gasteiger partial charge in [-0.25, -0.2) is 4.39 Å². The number of terminal acetylenes is 1. The monoisotopic (exact) mass is 214 g/mol. The van der Waals surface area contributed by atoms with Crippen LogP contribution in [0.5, 0.6) is 5.75 Å². The van der Waals surface area contributed by atoms with Gasteiger partial charge in [0, 0.05) is 6.42 Å². The summed E-state index contributed by atoms with van der Waals surface area (Å²) in [5, 5.41) is 8.97. The molecule has 14 heavy (non-hydrogen) atoms. The minimum Gasteiger partial charge on any atom is -0.506 e. The van der Waals surface area contributed by atoms with E-state index < -0.39 is 5.82 Å². The largest absolute Gasteiger partial charge is 0.506 e. The Morgan fingerprint density at radius 3 is 2.43 bits per heavy atom. The number of aryl methyl sites for hydroxylation is 1. The van der Waals surface area contributed by atoms with Gasteiger partial charge in [-0.15, -0.1) is 12.3 Å². The van der Waals surface area contributed by atoms with Gasteiger partial charge in [0.1, 0.15) is 11.6 Å². The molecule has 1 rings (SSSR count). The van der Waals surface area contributed by atoms with Gasteiger partial charge in [-0.2, -0.15) is 0 Å². The first kappa shape index (κ1) is 12.8. The Kier molecular flexibility index (Phi) is 5.74. The summed E-state index contributed by atoms with van der Waals surface area (Å²) in [5.74, 6) is 1.95. The Morgan fingerprint density at radius 1 is 1.57 bits per heavy atom. The number of halogens is 2. The lowest BCUT2D eigenvalue weighted by molar-refractivity contribution is 0.472. The Bertz CT molecular complexity index is 292. The molecule has 0 spiro atoms. The second kappa shape index (κ2) is 6.28. The number of hydrogen-bond donors (Lipinski definition) is 1. The number of aromatic hydroxyl groups is 1. The molecule has 3 heteroatoms. The first-order chi connectivity index (χ1) is 6.52. The Morgan fingerprint density at radius 2 is 2.07 bits per heavy atom. The van der Waals surface area contributed by atoms with Crippen LogP contribution in [0.15, 0.2) is 12.1 Å². The lowest BCUT2D eigenvalue weighted by atomic mass is 10.2. The van der Waals surface area contributed by atoms with Gasteiger partial charge in [0.25, 0.3) is 0 Å². The molecule has 0 aliphatic carbocycles. The van der Waals surface area contributed by atoms with Crippen molar-refractivity contribution in [3.05, 3.63) is 28.5 Å². The van der Waals surface area contributed by atoms with Gasteiger partial charge in [-0.3, -0.25) is 0 Å². The molecule has 0 radical (unpaired) electrons. The van der Waals surface area contributed by atoms with Crippen LogP contribution in [0.1, 0.15) is 18.9 Å². The van der Waals surface area contributed by atoms with Gasteiger partial charge in [-0.05, 0) is 24.6 Å². The molecule has 0 fully saturated rings. The predicted molar refractivity (Wildman–Crippen MR) is 56.9 cm³/mol. The van der Waals surface area contributed by atoms with Crippen molar-refractivity contribution in [3.63, 3.8) is 0 Å². The minimum absolute atomic E-state index is 0.0445. The van der Waals surface area contributed by atoms with Crippen molar-refractivity contribution < 1.29 is 9.50 Å². The molecule has 0 bridgehead atoms. The predicted octanol–water partition coefficient (Wildman–Crippen LogP) is 3.52. The molecule has 0 aliphatic rings. The number of hydrogen-bond acceptors (Lipinski definition) is 1. The van der Waals surface area contributed by atoms with Gasteiger partial charge in [0.05, 0.1) is 5.02 Å². The van der Waals surface area contributed by atoms with Gasteiger partial charge in [0.2, 0.25) is 0 Å². The molecule has 0 atom stereocenters. The zero-order valence-electron chi connectivity index (χ0n) is 8.14. The summed E-state index contributed by atoms with van der Waals surface area (Å²) in [6, 6.07) is 2.38. The molecule has 0 saturated heterocycles. The number of phenols is 1. The molecule has 0 heterocycles. The highest BCUT2D eigenvalue weighted by Gasteiger charge is 2.02. The van der Waals surface area contributed by atoms with Gasteiger partial charge in [-0.1, -0.05) is 18.5 Å². The summed E-state index contributed by atoms with van der Waals surface area (Å²) < 4.78 is 12.6. The van der Waals surface area contributed by atoms with Crippen LogP contribution in [0, 0.1) is 25.1 Å². The van der Waals surface area contributed by atoms with E-state index >= 15 is 0 Å². The maximum atomic E-state index is 12.6. The molecule has 1 nitrogen and oxygen atoms in total. The zero-order valence-corrected chi connectivity index (χ0v) is 8.90. The van der Waals surface area contributed by atoms with E-state index in [0.717, 1.165) is 12.5 Å². The fraction of sp³-hybridized carbons (Fsp3) is 0.273. The molecule has 1 aromatic rings. The molecule has 0 unspecified atom stereocenters. The third kappa shape index (κ3) is 4.15. The molecule has 1 aromatic carbocycles. The van der Waals surface area contributed by atoms with Gasteiger partial charge in [0.15, 0.2) is 0 Å². The summed E-state index contributed by atoms with van der Waals surface area (Å²) in [4.78, 5) is 0. The second-order valence-electron chi connectivity index (χ2n) is 2.61. The smallest absolute Gasteiger partial charge is 0.134 e. The van der Waals surface area contributed by atoms with E-state index in [0.29, 0.717) is 5.56 Å². The highest BCUT2D eigenvalue weighted by atomic mass is 35.5. The summed E-state index contributed by atoms with van der Waals surface area (Å²) in [5.41, 5.74) is 0.391. The standard InChI is InChI=1S/C7H6ClFO.C4H6/c1-4-2-7(10)5(8)3-6(4)9;1-3-4-2/h2-3,10H,1H3;1H,4H2,2H3. The van der Waals surface area contributed by atoms with Crippen LogP contribution < -0.4 is 0 Å². The molecule has 1 N–H and O–H groups in total. The normalized spacial score (nSPS) is 8.50. The number of rotatable bonds is 0. The van der Waals surface area contributed by atoms with E-state index in [1.165, 1.54) is 6.07 Å². The average Bonchev–Trinajstić information content (AvgIpc) is 2.15. The highest BCUT2D eigenvalue weighted by Crippen LogP contribution is 2.25. The van der Waals surface area contributed by atoms with Crippen molar-refractivity contribution in [2.75, 3.05) is 0 Å². The van der Waals surface area contributed by atoms with Crippen molar-refractivity contribution >= 4 is 11.6 Å². The van der Waals surface area contributed by atoms with Crippen molar-refractivity contribution in [2.45, 2.75) is 20.3 Å². The van der Waals surface area contributed by atoms with E-state index in [9.17, 15) is 4.39 Å². The maximum absolute atomic E-state index is 12.6. The molecule has 0 aliphatic heterocycles. The zero-order chi connectivity index (χ0) is 11.1. The third-order valence-electron chi connectivity index (χ3n) is 1.43. The average molecular weight is 215 g/mol.